The summed E-state index contributed by atoms with van der Waals surface area (Å²) >= 11 is 0. The number of nitrogens with two attached hydrogens (primary N) is 1. The molecule has 1 aromatic rings. The average molecular weight is 293 g/mol. The van der Waals surface area contributed by atoms with E-state index in [4.69, 9.17) is 9.88 Å². The van der Waals surface area contributed by atoms with Gasteiger partial charge in [0.2, 0.25) is 10.0 Å². The number of sulfonamides is 1. The molecule has 0 aliphatic heterocycles. The van der Waals surface area contributed by atoms with Crippen molar-refractivity contribution in [2.75, 3.05) is 18.6 Å². The van der Waals surface area contributed by atoms with Crippen molar-refractivity contribution < 1.29 is 21.6 Å². The Balaban J connectivity index is 2.59. The Kier molecular flexibility index (Phi) is 4.71. The van der Waals surface area contributed by atoms with Gasteiger partial charge in [0.1, 0.15) is 5.75 Å². The number of primary sulfonamides is 1. The third-order valence-electron chi connectivity index (χ3n) is 2.08. The van der Waals surface area contributed by atoms with E-state index in [1.165, 1.54) is 12.1 Å². The second-order valence-corrected chi connectivity index (χ2v) is 7.57. The summed E-state index contributed by atoms with van der Waals surface area (Å²) in [6.45, 7) is 0.156. The first-order valence-electron chi connectivity index (χ1n) is 5.12. The van der Waals surface area contributed by atoms with Crippen LogP contribution in [0.1, 0.15) is 6.42 Å². The summed E-state index contributed by atoms with van der Waals surface area (Å²) in [5.74, 6) is 0.214. The molecule has 18 heavy (non-hydrogen) atoms. The molecular formula is C10H15NO5S2. The molecule has 0 saturated heterocycles. The molecular weight excluding hydrogens is 278 g/mol. The molecule has 8 heteroatoms. The van der Waals surface area contributed by atoms with Crippen molar-refractivity contribution in [1.82, 2.24) is 0 Å². The number of hydrogen-bond donors (Lipinski definition) is 1. The van der Waals surface area contributed by atoms with E-state index in [1.807, 2.05) is 0 Å². The predicted octanol–water partition coefficient (Wildman–Crippen LogP) is 0.148. The molecule has 0 aliphatic carbocycles. The lowest BCUT2D eigenvalue weighted by Gasteiger charge is -2.06. The maximum absolute atomic E-state index is 11.3. The van der Waals surface area contributed by atoms with Gasteiger partial charge in [0.15, 0.2) is 9.84 Å². The smallest absolute Gasteiger partial charge is 0.209 e. The van der Waals surface area contributed by atoms with Crippen LogP contribution in [0.15, 0.2) is 29.2 Å². The van der Waals surface area contributed by atoms with E-state index in [0.29, 0.717) is 5.75 Å². The predicted molar refractivity (Wildman–Crippen MR) is 67.6 cm³/mol. The van der Waals surface area contributed by atoms with Crippen LogP contribution < -0.4 is 9.88 Å². The first kappa shape index (κ1) is 14.9. The highest BCUT2D eigenvalue weighted by Crippen LogP contribution is 2.17. The van der Waals surface area contributed by atoms with Gasteiger partial charge < -0.3 is 4.74 Å². The topological polar surface area (TPSA) is 104 Å². The molecule has 1 aromatic carbocycles. The summed E-state index contributed by atoms with van der Waals surface area (Å²) < 4.78 is 49.2. The van der Waals surface area contributed by atoms with Crippen LogP contribution in [0.4, 0.5) is 0 Å². The number of rotatable bonds is 6. The van der Waals surface area contributed by atoms with Crippen LogP contribution in [0.25, 0.3) is 0 Å². The Morgan fingerprint density at radius 2 is 1.89 bits per heavy atom. The quantitative estimate of drug-likeness (QED) is 0.752. The molecule has 0 amide bonds. The molecule has 6 nitrogen and oxygen atoms in total. The van der Waals surface area contributed by atoms with E-state index in [-0.39, 0.29) is 23.7 Å². The SMILES string of the molecule is CS(=O)(=O)c1cccc(OCCCS(N)(=O)=O)c1. The minimum atomic E-state index is -3.49. The zero-order valence-electron chi connectivity index (χ0n) is 9.87. The third kappa shape index (κ3) is 5.48. The van der Waals surface area contributed by atoms with Gasteiger partial charge in [0, 0.05) is 6.26 Å². The molecule has 102 valence electrons. The van der Waals surface area contributed by atoms with Crippen molar-refractivity contribution in [3.63, 3.8) is 0 Å². The summed E-state index contributed by atoms with van der Waals surface area (Å²) in [4.78, 5) is 0.159. The van der Waals surface area contributed by atoms with Crippen molar-refractivity contribution in [3.05, 3.63) is 24.3 Å². The minimum absolute atomic E-state index is 0.156. The van der Waals surface area contributed by atoms with Crippen molar-refractivity contribution >= 4 is 19.9 Å². The van der Waals surface area contributed by atoms with Gasteiger partial charge in [-0.25, -0.2) is 22.0 Å². The molecule has 0 saturated carbocycles. The first-order valence-corrected chi connectivity index (χ1v) is 8.72. The van der Waals surface area contributed by atoms with E-state index in [2.05, 4.69) is 0 Å². The Morgan fingerprint density at radius 1 is 1.22 bits per heavy atom. The maximum Gasteiger partial charge on any atom is 0.209 e. The number of ether oxygens (including phenoxy) is 1. The molecule has 0 fully saturated rings. The summed E-state index contributed by atoms with van der Waals surface area (Å²) in [5, 5.41) is 4.83. The molecule has 2 N–H and O–H groups in total. The molecule has 0 unspecified atom stereocenters. The van der Waals surface area contributed by atoms with Crippen molar-refractivity contribution in [2.45, 2.75) is 11.3 Å². The fourth-order valence-corrected chi connectivity index (χ4v) is 2.42. The molecule has 0 radical (unpaired) electrons. The van der Waals surface area contributed by atoms with Gasteiger partial charge in [-0.1, -0.05) is 6.07 Å². The lowest BCUT2D eigenvalue weighted by atomic mass is 10.3. The Hall–Kier alpha value is -1.12. The largest absolute Gasteiger partial charge is 0.494 e. The highest BCUT2D eigenvalue weighted by molar-refractivity contribution is 7.90. The van der Waals surface area contributed by atoms with Crippen molar-refractivity contribution in [1.29, 1.82) is 0 Å². The Labute approximate surface area is 107 Å². The Morgan fingerprint density at radius 3 is 2.44 bits per heavy atom. The van der Waals surface area contributed by atoms with Gasteiger partial charge >= 0.3 is 0 Å². The number of sulfone groups is 1. The van der Waals surface area contributed by atoms with Crippen molar-refractivity contribution in [2.24, 2.45) is 5.14 Å². The van der Waals surface area contributed by atoms with Crippen LogP contribution in [-0.2, 0) is 19.9 Å². The lowest BCUT2D eigenvalue weighted by molar-refractivity contribution is 0.317. The molecule has 1 rings (SSSR count). The minimum Gasteiger partial charge on any atom is -0.494 e. The second-order valence-electron chi connectivity index (χ2n) is 3.82. The fourth-order valence-electron chi connectivity index (χ4n) is 1.24. The van der Waals surface area contributed by atoms with Gasteiger partial charge in [0.05, 0.1) is 17.3 Å². The summed E-state index contributed by atoms with van der Waals surface area (Å²) in [7, 11) is -6.76. The molecule has 0 heterocycles. The number of benzene rings is 1. The Bertz CT molecular complexity index is 607. The summed E-state index contributed by atoms with van der Waals surface area (Å²) in [6.07, 6.45) is 1.36. The van der Waals surface area contributed by atoms with Crippen LogP contribution in [0.3, 0.4) is 0 Å². The molecule has 0 bridgehead atoms. The van der Waals surface area contributed by atoms with Crippen LogP contribution >= 0.6 is 0 Å². The van der Waals surface area contributed by atoms with Gasteiger partial charge in [0.25, 0.3) is 0 Å². The van der Waals surface area contributed by atoms with E-state index in [9.17, 15) is 16.8 Å². The van der Waals surface area contributed by atoms with Crippen LogP contribution in [0, 0.1) is 0 Å². The highest BCUT2D eigenvalue weighted by Gasteiger charge is 2.08. The average Bonchev–Trinajstić information content (AvgIpc) is 2.22. The van der Waals surface area contributed by atoms with Gasteiger partial charge in [-0.2, -0.15) is 0 Å². The van der Waals surface area contributed by atoms with Crippen LogP contribution in [0.5, 0.6) is 5.75 Å². The second kappa shape index (κ2) is 5.68. The van der Waals surface area contributed by atoms with E-state index in [0.717, 1.165) is 6.26 Å². The van der Waals surface area contributed by atoms with Gasteiger partial charge in [-0.15, -0.1) is 0 Å². The molecule has 0 spiro atoms. The monoisotopic (exact) mass is 293 g/mol. The first-order chi connectivity index (χ1) is 8.18. The molecule has 0 atom stereocenters. The van der Waals surface area contributed by atoms with Crippen LogP contribution in [0.2, 0.25) is 0 Å². The molecule has 0 aliphatic rings. The normalized spacial score (nSPS) is 12.3. The van der Waals surface area contributed by atoms with E-state index >= 15 is 0 Å². The lowest BCUT2D eigenvalue weighted by Crippen LogP contribution is -2.18. The molecule has 0 aromatic heterocycles. The van der Waals surface area contributed by atoms with Gasteiger partial charge in [-0.3, -0.25) is 0 Å². The van der Waals surface area contributed by atoms with E-state index < -0.39 is 19.9 Å². The third-order valence-corrected chi connectivity index (χ3v) is 4.04. The maximum atomic E-state index is 11.3. The zero-order chi connectivity index (χ0) is 13.8. The fraction of sp³-hybridized carbons (Fsp3) is 0.400. The highest BCUT2D eigenvalue weighted by atomic mass is 32.2. The van der Waals surface area contributed by atoms with E-state index in [1.54, 1.807) is 12.1 Å². The van der Waals surface area contributed by atoms with Gasteiger partial charge in [-0.05, 0) is 24.6 Å². The summed E-state index contributed by atoms with van der Waals surface area (Å²) in [6, 6.07) is 6.02. The standard InChI is InChI=1S/C10H15NO5S2/c1-17(12,13)10-5-2-4-9(8-10)16-6-3-7-18(11,14)15/h2,4-5,8H,3,6-7H2,1H3,(H2,11,14,15). The number of hydrogen-bond acceptors (Lipinski definition) is 5. The van der Waals surface area contributed by atoms with Crippen molar-refractivity contribution in [3.8, 4) is 5.75 Å². The van der Waals surface area contributed by atoms with Crippen LogP contribution in [-0.4, -0.2) is 35.5 Å². The summed E-state index contributed by atoms with van der Waals surface area (Å²) in [5.41, 5.74) is 0. The zero-order valence-corrected chi connectivity index (χ0v) is 11.5.